The molecular weight excluding hydrogens is 446 g/mol. The largest absolute Gasteiger partial charge is 0.491 e. The van der Waals surface area contributed by atoms with Gasteiger partial charge in [-0.25, -0.2) is 23.4 Å². The van der Waals surface area contributed by atoms with E-state index in [9.17, 15) is 8.42 Å². The molecule has 0 aliphatic carbocycles. The molecule has 10 nitrogen and oxygen atoms in total. The van der Waals surface area contributed by atoms with E-state index >= 15 is 0 Å². The van der Waals surface area contributed by atoms with Crippen LogP contribution in [0.15, 0.2) is 24.4 Å². The number of nitrogen functional groups attached to an aromatic ring is 1. The Morgan fingerprint density at radius 3 is 2.64 bits per heavy atom. The lowest BCUT2D eigenvalue weighted by molar-refractivity contribution is 0.0500. The second kappa shape index (κ2) is 9.36. The number of nitrogens with one attached hydrogen (secondary N) is 1. The smallest absolute Gasteiger partial charge is 0.238 e. The molecule has 176 valence electrons. The van der Waals surface area contributed by atoms with E-state index in [1.54, 1.807) is 12.3 Å². The van der Waals surface area contributed by atoms with Crippen molar-refractivity contribution in [3.05, 3.63) is 30.1 Å². The van der Waals surface area contributed by atoms with Crippen molar-refractivity contribution in [3.8, 4) is 22.8 Å². The Morgan fingerprint density at radius 2 is 1.94 bits per heavy atom. The van der Waals surface area contributed by atoms with E-state index < -0.39 is 10.0 Å². The van der Waals surface area contributed by atoms with Crippen molar-refractivity contribution in [1.82, 2.24) is 15.0 Å². The number of nitrogens with zero attached hydrogens (tertiary/aromatic N) is 3. The molecule has 0 bridgehead atoms. The molecule has 1 aliphatic rings. The van der Waals surface area contributed by atoms with Gasteiger partial charge in [0.1, 0.15) is 17.0 Å². The van der Waals surface area contributed by atoms with Gasteiger partial charge in [-0.2, -0.15) is 0 Å². The maximum Gasteiger partial charge on any atom is 0.238 e. The number of hydrogen-bond acceptors (Lipinski definition) is 9. The van der Waals surface area contributed by atoms with Crippen LogP contribution < -0.4 is 19.9 Å². The van der Waals surface area contributed by atoms with E-state index in [1.165, 1.54) is 7.11 Å². The highest BCUT2D eigenvalue weighted by atomic mass is 32.2. The lowest BCUT2D eigenvalue weighted by atomic mass is 10.0. The average molecular weight is 474 g/mol. The van der Waals surface area contributed by atoms with Gasteiger partial charge in [-0.05, 0) is 49.4 Å². The lowest BCUT2D eigenvalue weighted by Gasteiger charge is -2.22. The first-order valence-electron chi connectivity index (χ1n) is 10.5. The normalized spacial score (nSPS) is 14.9. The van der Waals surface area contributed by atoms with Crippen molar-refractivity contribution < 1.29 is 22.6 Å². The van der Waals surface area contributed by atoms with Gasteiger partial charge in [0, 0.05) is 30.4 Å². The van der Waals surface area contributed by atoms with Crippen LogP contribution >= 0.6 is 0 Å². The zero-order valence-electron chi connectivity index (χ0n) is 18.8. The molecule has 3 aromatic rings. The fourth-order valence-electron chi connectivity index (χ4n) is 3.81. The van der Waals surface area contributed by atoms with Crippen LogP contribution in [-0.4, -0.2) is 56.6 Å². The number of hydrogen-bond donors (Lipinski definition) is 2. The lowest BCUT2D eigenvalue weighted by Crippen LogP contribution is -2.21. The maximum absolute atomic E-state index is 11.8. The summed E-state index contributed by atoms with van der Waals surface area (Å²) in [6, 6.07) is 5.45. The first-order chi connectivity index (χ1) is 15.7. The van der Waals surface area contributed by atoms with E-state index in [0.29, 0.717) is 35.0 Å². The standard InChI is InChI=1S/C22H27N5O5S/c1-13-17-8-15(16-9-18(27-33(3,28)29)21(30-2)24-11-16)10-19(20(17)26-22(23)25-13)32-12-14-4-6-31-7-5-14/h8-11,14,27H,4-7,12H2,1-3H3,(H2,23,25,26). The van der Waals surface area contributed by atoms with Crippen molar-refractivity contribution >= 4 is 32.6 Å². The van der Waals surface area contributed by atoms with Crippen molar-refractivity contribution in [3.63, 3.8) is 0 Å². The molecule has 3 N–H and O–H groups in total. The van der Waals surface area contributed by atoms with Gasteiger partial charge in [-0.1, -0.05) is 0 Å². The molecule has 11 heteroatoms. The van der Waals surface area contributed by atoms with Gasteiger partial charge in [0.2, 0.25) is 21.9 Å². The number of anilines is 2. The molecule has 1 fully saturated rings. The van der Waals surface area contributed by atoms with Gasteiger partial charge < -0.3 is 19.9 Å². The Bertz CT molecular complexity index is 1280. The molecule has 1 saturated heterocycles. The van der Waals surface area contributed by atoms with Crippen LogP contribution in [0.25, 0.3) is 22.0 Å². The number of nitrogens with two attached hydrogens (primary N) is 1. The van der Waals surface area contributed by atoms with Crippen LogP contribution in [0.4, 0.5) is 11.6 Å². The molecule has 3 heterocycles. The van der Waals surface area contributed by atoms with Crippen molar-refractivity contribution in [2.45, 2.75) is 19.8 Å². The van der Waals surface area contributed by atoms with Gasteiger partial charge in [-0.15, -0.1) is 0 Å². The highest BCUT2D eigenvalue weighted by Gasteiger charge is 2.18. The summed E-state index contributed by atoms with van der Waals surface area (Å²) in [5, 5.41) is 0.789. The highest BCUT2D eigenvalue weighted by Crippen LogP contribution is 2.36. The summed E-state index contributed by atoms with van der Waals surface area (Å²) in [5.74, 6) is 1.33. The van der Waals surface area contributed by atoms with Gasteiger partial charge >= 0.3 is 0 Å². The number of fused-ring (bicyclic) bond motifs is 1. The van der Waals surface area contributed by atoms with Crippen LogP contribution in [0.1, 0.15) is 18.5 Å². The number of rotatable bonds is 7. The van der Waals surface area contributed by atoms with Gasteiger partial charge in [-0.3, -0.25) is 4.72 Å². The molecule has 1 aliphatic heterocycles. The molecule has 0 amide bonds. The third-order valence-corrected chi connectivity index (χ3v) is 6.05. The number of aryl methyl sites for hydroxylation is 1. The van der Waals surface area contributed by atoms with Crippen LogP contribution in [-0.2, 0) is 14.8 Å². The zero-order valence-corrected chi connectivity index (χ0v) is 19.6. The third kappa shape index (κ3) is 5.42. The fourth-order valence-corrected chi connectivity index (χ4v) is 4.36. The summed E-state index contributed by atoms with van der Waals surface area (Å²) in [7, 11) is -2.09. The number of methoxy groups -OCH3 is 1. The monoisotopic (exact) mass is 473 g/mol. The number of benzene rings is 1. The molecular formula is C22H27N5O5S. The highest BCUT2D eigenvalue weighted by molar-refractivity contribution is 7.92. The van der Waals surface area contributed by atoms with Gasteiger partial charge in [0.05, 0.1) is 25.7 Å². The Hall–Kier alpha value is -3.18. The first kappa shape index (κ1) is 23.0. The molecule has 1 aromatic carbocycles. The summed E-state index contributed by atoms with van der Waals surface area (Å²) >= 11 is 0. The number of ether oxygens (including phenoxy) is 3. The van der Waals surface area contributed by atoms with Crippen molar-refractivity contribution in [1.29, 1.82) is 0 Å². The van der Waals surface area contributed by atoms with Crippen LogP contribution in [0.2, 0.25) is 0 Å². The van der Waals surface area contributed by atoms with Gasteiger partial charge in [0.15, 0.2) is 0 Å². The quantitative estimate of drug-likeness (QED) is 0.530. The van der Waals surface area contributed by atoms with Crippen molar-refractivity contribution in [2.24, 2.45) is 5.92 Å². The molecule has 4 rings (SSSR count). The summed E-state index contributed by atoms with van der Waals surface area (Å²) < 4.78 is 42.9. The fraction of sp³-hybridized carbons (Fsp3) is 0.409. The minimum atomic E-state index is -3.52. The third-order valence-electron chi connectivity index (χ3n) is 5.46. The van der Waals surface area contributed by atoms with Crippen LogP contribution in [0.5, 0.6) is 11.6 Å². The number of sulfonamides is 1. The molecule has 0 spiro atoms. The summed E-state index contributed by atoms with van der Waals surface area (Å²) in [6.07, 6.45) is 4.57. The minimum absolute atomic E-state index is 0.174. The van der Waals surface area contributed by atoms with Crippen LogP contribution in [0, 0.1) is 12.8 Å². The van der Waals surface area contributed by atoms with E-state index in [4.69, 9.17) is 19.9 Å². The van der Waals surface area contributed by atoms with E-state index in [-0.39, 0.29) is 17.5 Å². The second-order valence-corrected chi connectivity index (χ2v) is 9.81. The molecule has 0 saturated carbocycles. The predicted molar refractivity (Wildman–Crippen MR) is 126 cm³/mol. The summed E-state index contributed by atoms with van der Waals surface area (Å²) in [6.45, 7) is 3.86. The maximum atomic E-state index is 11.8. The predicted octanol–water partition coefficient (Wildman–Crippen LogP) is 2.77. The van der Waals surface area contributed by atoms with E-state index in [2.05, 4.69) is 19.7 Å². The molecule has 33 heavy (non-hydrogen) atoms. The summed E-state index contributed by atoms with van der Waals surface area (Å²) in [4.78, 5) is 13.0. The Labute approximate surface area is 192 Å². The summed E-state index contributed by atoms with van der Waals surface area (Å²) in [5.41, 5.74) is 8.95. The minimum Gasteiger partial charge on any atom is -0.491 e. The zero-order chi connectivity index (χ0) is 23.6. The van der Waals surface area contributed by atoms with Crippen LogP contribution in [0.3, 0.4) is 0 Å². The average Bonchev–Trinajstić information content (AvgIpc) is 2.77. The second-order valence-electron chi connectivity index (χ2n) is 8.06. The van der Waals surface area contributed by atoms with E-state index in [0.717, 1.165) is 43.3 Å². The first-order valence-corrected chi connectivity index (χ1v) is 12.4. The topological polar surface area (TPSA) is 139 Å². The molecule has 0 unspecified atom stereocenters. The van der Waals surface area contributed by atoms with Gasteiger partial charge in [0.25, 0.3) is 0 Å². The molecule has 0 radical (unpaired) electrons. The molecule has 2 aromatic heterocycles. The van der Waals surface area contributed by atoms with E-state index in [1.807, 2.05) is 19.1 Å². The Balaban J connectivity index is 1.78. The molecule has 0 atom stereocenters. The number of pyridine rings is 1. The SMILES string of the molecule is COc1ncc(-c2cc(OCC3CCOCC3)c3nc(N)nc(C)c3c2)cc1NS(C)(=O)=O. The Morgan fingerprint density at radius 1 is 1.18 bits per heavy atom. The Kier molecular flexibility index (Phi) is 6.52. The van der Waals surface area contributed by atoms with Crippen molar-refractivity contribution in [2.75, 3.05) is 43.6 Å². The number of aromatic nitrogens is 3.